The summed E-state index contributed by atoms with van der Waals surface area (Å²) >= 11 is 0. The summed E-state index contributed by atoms with van der Waals surface area (Å²) in [5.74, 6) is 0.799. The third kappa shape index (κ3) is 2.99. The first kappa shape index (κ1) is 18.3. The third-order valence-electron chi connectivity index (χ3n) is 5.54. The fraction of sp³-hybridized carbons (Fsp3) is 0.160. The second kappa shape index (κ2) is 7.26. The van der Waals surface area contributed by atoms with E-state index in [1.54, 1.807) is 0 Å². The van der Waals surface area contributed by atoms with Crippen LogP contribution in [-0.2, 0) is 0 Å². The molecule has 1 atom stereocenters. The lowest BCUT2D eigenvalue weighted by molar-refractivity contribution is 0.393. The van der Waals surface area contributed by atoms with Crippen LogP contribution in [0.3, 0.4) is 0 Å². The zero-order chi connectivity index (χ0) is 20.7. The highest BCUT2D eigenvalue weighted by Gasteiger charge is 2.22. The van der Waals surface area contributed by atoms with Gasteiger partial charge in [-0.2, -0.15) is 0 Å². The number of pyridine rings is 2. The topological polar surface area (TPSA) is 56.7 Å². The monoisotopic (exact) mass is 394 g/mol. The first-order valence-corrected chi connectivity index (χ1v) is 10.00. The summed E-state index contributed by atoms with van der Waals surface area (Å²) in [6.45, 7) is 5.99. The van der Waals surface area contributed by atoms with Crippen LogP contribution < -0.4 is 0 Å². The number of fused-ring (bicyclic) bond motifs is 1. The van der Waals surface area contributed by atoms with E-state index in [0.29, 0.717) is 0 Å². The van der Waals surface area contributed by atoms with Crippen LogP contribution in [0.1, 0.15) is 34.3 Å². The Morgan fingerprint density at radius 3 is 2.43 bits per heavy atom. The van der Waals surface area contributed by atoms with Gasteiger partial charge in [-0.3, -0.25) is 9.97 Å². The maximum absolute atomic E-state index is 5.39. The second-order valence-electron chi connectivity index (χ2n) is 7.58. The van der Waals surface area contributed by atoms with Crippen LogP contribution in [0.5, 0.6) is 0 Å². The maximum atomic E-state index is 5.39. The molecule has 0 N–H and O–H groups in total. The molecule has 0 radical (unpaired) electrons. The molecule has 1 unspecified atom stereocenters. The smallest absolute Gasteiger partial charge is 0.141 e. The van der Waals surface area contributed by atoms with Crippen LogP contribution in [0.2, 0.25) is 0 Å². The quantitative estimate of drug-likeness (QED) is 0.395. The van der Waals surface area contributed by atoms with E-state index < -0.39 is 0 Å². The Morgan fingerprint density at radius 1 is 0.933 bits per heavy atom. The molecule has 0 aliphatic carbocycles. The van der Waals surface area contributed by atoms with E-state index in [1.807, 2.05) is 44.4 Å². The molecule has 0 aliphatic rings. The number of aromatic nitrogens is 4. The van der Waals surface area contributed by atoms with Gasteiger partial charge in [0, 0.05) is 29.7 Å². The van der Waals surface area contributed by atoms with Crippen molar-refractivity contribution in [2.24, 2.45) is 0 Å². The number of aryl methyl sites for hydroxylation is 3. The van der Waals surface area contributed by atoms with Crippen molar-refractivity contribution in [3.63, 3.8) is 0 Å². The summed E-state index contributed by atoms with van der Waals surface area (Å²) < 4.78 is 7.66. The number of rotatable bonds is 4. The van der Waals surface area contributed by atoms with Crippen molar-refractivity contribution < 1.29 is 4.52 Å². The SMILES string of the molecule is Cc1noc(C)c1-c1cnc2c(C)cn(C(c3ccccc3)c3ccccn3)c2c1. The van der Waals surface area contributed by atoms with E-state index in [2.05, 4.69) is 64.2 Å². The number of hydrogen-bond donors (Lipinski definition) is 0. The van der Waals surface area contributed by atoms with Crippen molar-refractivity contribution in [1.82, 2.24) is 19.7 Å². The van der Waals surface area contributed by atoms with E-state index in [9.17, 15) is 0 Å². The number of benzene rings is 1. The van der Waals surface area contributed by atoms with Crippen molar-refractivity contribution in [3.05, 3.63) is 101 Å². The van der Waals surface area contributed by atoms with Gasteiger partial charge in [0.2, 0.25) is 0 Å². The molecule has 1 aromatic carbocycles. The molecule has 5 nitrogen and oxygen atoms in total. The average Bonchev–Trinajstić information content (AvgIpc) is 3.28. The molecule has 5 heteroatoms. The Labute approximate surface area is 175 Å². The molecule has 0 saturated heterocycles. The zero-order valence-corrected chi connectivity index (χ0v) is 17.2. The predicted octanol–water partition coefficient (Wildman–Crippen LogP) is 5.65. The summed E-state index contributed by atoms with van der Waals surface area (Å²) in [6.07, 6.45) is 5.92. The van der Waals surface area contributed by atoms with Crippen molar-refractivity contribution in [2.75, 3.05) is 0 Å². The van der Waals surface area contributed by atoms with Crippen molar-refractivity contribution in [3.8, 4) is 11.1 Å². The molecule has 4 aromatic heterocycles. The molecule has 5 aromatic rings. The number of nitrogens with zero attached hydrogens (tertiary/aromatic N) is 4. The van der Waals surface area contributed by atoms with Crippen LogP contribution in [0, 0.1) is 20.8 Å². The minimum Gasteiger partial charge on any atom is -0.361 e. The second-order valence-corrected chi connectivity index (χ2v) is 7.58. The van der Waals surface area contributed by atoms with Crippen molar-refractivity contribution in [2.45, 2.75) is 26.8 Å². The first-order valence-electron chi connectivity index (χ1n) is 10.00. The highest BCUT2D eigenvalue weighted by molar-refractivity contribution is 5.85. The Kier molecular flexibility index (Phi) is 4.43. The molecule has 0 aliphatic heterocycles. The fourth-order valence-corrected chi connectivity index (χ4v) is 4.19. The molecule has 5 rings (SSSR count). The van der Waals surface area contributed by atoms with Gasteiger partial charge < -0.3 is 9.09 Å². The van der Waals surface area contributed by atoms with Crippen LogP contribution in [0.25, 0.3) is 22.2 Å². The summed E-state index contributed by atoms with van der Waals surface area (Å²) in [5, 5.41) is 4.11. The van der Waals surface area contributed by atoms with E-state index in [4.69, 9.17) is 9.51 Å². The largest absolute Gasteiger partial charge is 0.361 e. The van der Waals surface area contributed by atoms with Crippen molar-refractivity contribution >= 4 is 11.0 Å². The Morgan fingerprint density at radius 2 is 1.73 bits per heavy atom. The molecule has 148 valence electrons. The van der Waals surface area contributed by atoms with E-state index >= 15 is 0 Å². The van der Waals surface area contributed by atoms with Crippen LogP contribution in [0.15, 0.2) is 77.7 Å². The molecule has 0 fully saturated rings. The summed E-state index contributed by atoms with van der Waals surface area (Å²) in [6, 6.07) is 18.6. The van der Waals surface area contributed by atoms with Crippen LogP contribution in [-0.4, -0.2) is 19.7 Å². The summed E-state index contributed by atoms with van der Waals surface area (Å²) in [7, 11) is 0. The van der Waals surface area contributed by atoms with Gasteiger partial charge in [0.15, 0.2) is 0 Å². The third-order valence-corrected chi connectivity index (χ3v) is 5.54. The van der Waals surface area contributed by atoms with Crippen molar-refractivity contribution in [1.29, 1.82) is 0 Å². The van der Waals surface area contributed by atoms with Gasteiger partial charge in [0.1, 0.15) is 11.8 Å². The zero-order valence-electron chi connectivity index (χ0n) is 17.2. The van der Waals surface area contributed by atoms with Gasteiger partial charge >= 0.3 is 0 Å². The Hall–Kier alpha value is -3.73. The average molecular weight is 394 g/mol. The van der Waals surface area contributed by atoms with Gasteiger partial charge in [0.25, 0.3) is 0 Å². The lowest BCUT2D eigenvalue weighted by atomic mass is 10.0. The normalized spacial score (nSPS) is 12.4. The fourth-order valence-electron chi connectivity index (χ4n) is 4.19. The highest BCUT2D eigenvalue weighted by Crippen LogP contribution is 2.34. The molecular formula is C25H22N4O. The van der Waals surface area contributed by atoms with E-state index in [0.717, 1.165) is 44.9 Å². The molecular weight excluding hydrogens is 372 g/mol. The molecule has 0 bridgehead atoms. The van der Waals surface area contributed by atoms with Crippen LogP contribution >= 0.6 is 0 Å². The standard InChI is InChI=1S/C25H22N4O/c1-16-15-29(25(19-9-5-4-6-10-19)21-11-7-8-12-26-21)22-13-20(14-27-24(16)22)23-17(2)28-30-18(23)3/h4-15,25H,1-3H3. The maximum Gasteiger partial charge on any atom is 0.141 e. The van der Waals surface area contributed by atoms with Gasteiger partial charge in [-0.1, -0.05) is 41.6 Å². The van der Waals surface area contributed by atoms with Gasteiger partial charge in [-0.05, 0) is 50.1 Å². The molecule has 4 heterocycles. The Bertz CT molecular complexity index is 1260. The lowest BCUT2D eigenvalue weighted by Crippen LogP contribution is -2.13. The van der Waals surface area contributed by atoms with Gasteiger partial charge in [-0.15, -0.1) is 0 Å². The minimum atomic E-state index is -0.0506. The van der Waals surface area contributed by atoms with Gasteiger partial charge in [-0.25, -0.2) is 0 Å². The van der Waals surface area contributed by atoms with E-state index in [-0.39, 0.29) is 6.04 Å². The molecule has 0 saturated carbocycles. The first-order chi connectivity index (χ1) is 14.6. The predicted molar refractivity (Wildman–Crippen MR) is 117 cm³/mol. The molecule has 0 amide bonds. The Balaban J connectivity index is 1.77. The van der Waals surface area contributed by atoms with E-state index in [1.165, 1.54) is 5.56 Å². The highest BCUT2D eigenvalue weighted by atomic mass is 16.5. The number of hydrogen-bond acceptors (Lipinski definition) is 4. The molecule has 30 heavy (non-hydrogen) atoms. The molecule has 0 spiro atoms. The summed E-state index contributed by atoms with van der Waals surface area (Å²) in [5.41, 5.74) is 8.22. The van der Waals surface area contributed by atoms with Crippen LogP contribution in [0.4, 0.5) is 0 Å². The summed E-state index contributed by atoms with van der Waals surface area (Å²) in [4.78, 5) is 9.48. The van der Waals surface area contributed by atoms with Gasteiger partial charge in [0.05, 0.1) is 22.4 Å². The minimum absolute atomic E-state index is 0.0506. The lowest BCUT2D eigenvalue weighted by Gasteiger charge is -2.20.